The fourth-order valence-corrected chi connectivity index (χ4v) is 1.29. The molecule has 1 unspecified atom stereocenters. The van der Waals surface area contributed by atoms with E-state index < -0.39 is 6.10 Å². The summed E-state index contributed by atoms with van der Waals surface area (Å²) in [4.78, 5) is 0. The van der Waals surface area contributed by atoms with Gasteiger partial charge in [0.15, 0.2) is 0 Å². The molecule has 1 heterocycles. The summed E-state index contributed by atoms with van der Waals surface area (Å²) < 4.78 is 0. The summed E-state index contributed by atoms with van der Waals surface area (Å²) in [5.74, 6) is 0. The molecule has 0 spiro atoms. The number of benzene rings is 1. The second kappa shape index (κ2) is 3.98. The van der Waals surface area contributed by atoms with E-state index >= 15 is 0 Å². The van der Waals surface area contributed by atoms with Crippen LogP contribution in [0.25, 0.3) is 0 Å². The molecule has 0 aliphatic carbocycles. The van der Waals surface area contributed by atoms with Crippen LogP contribution in [0, 0.1) is 0 Å². The van der Waals surface area contributed by atoms with Crippen LogP contribution in [-0.4, -0.2) is 15.3 Å². The van der Waals surface area contributed by atoms with Gasteiger partial charge in [0.25, 0.3) is 0 Å². The van der Waals surface area contributed by atoms with E-state index in [-0.39, 0.29) is 0 Å². The number of aliphatic hydroxyl groups excluding tert-OH is 1. The lowest BCUT2D eigenvalue weighted by atomic mass is 10.2. The Hall–Kier alpha value is -1.74. The van der Waals surface area contributed by atoms with Gasteiger partial charge in [0.2, 0.25) is 0 Å². The molecule has 0 fully saturated rings. The van der Waals surface area contributed by atoms with E-state index in [9.17, 15) is 5.11 Å². The van der Waals surface area contributed by atoms with E-state index in [1.165, 1.54) is 0 Å². The van der Waals surface area contributed by atoms with Gasteiger partial charge < -0.3 is 5.11 Å². The molecule has 0 saturated carbocycles. The monoisotopic (exact) mass is 188 g/mol. The molecule has 0 aliphatic rings. The number of aliphatic hydroxyl groups is 1. The van der Waals surface area contributed by atoms with Crippen LogP contribution in [0.3, 0.4) is 0 Å². The van der Waals surface area contributed by atoms with E-state index in [2.05, 4.69) is 10.2 Å². The van der Waals surface area contributed by atoms with Gasteiger partial charge in [-0.3, -0.25) is 0 Å². The molecule has 1 aromatic carbocycles. The maximum atomic E-state index is 9.92. The fourth-order valence-electron chi connectivity index (χ4n) is 1.29. The molecule has 1 atom stereocenters. The van der Waals surface area contributed by atoms with Gasteiger partial charge in [-0.1, -0.05) is 30.3 Å². The Morgan fingerprint density at radius 2 is 1.71 bits per heavy atom. The van der Waals surface area contributed by atoms with Crippen molar-refractivity contribution in [2.75, 3.05) is 0 Å². The van der Waals surface area contributed by atoms with Gasteiger partial charge in [0.05, 0.1) is 6.20 Å². The highest BCUT2D eigenvalue weighted by Gasteiger charge is 2.08. The standard InChI is InChI=1S/C11H10N2O/c14-11(9-4-2-1-3-5-9)10-6-7-12-13-8-10/h1-8,11,14H/i6+1,10+1. The van der Waals surface area contributed by atoms with Crippen LogP contribution in [0.2, 0.25) is 0 Å². The molecule has 2 aromatic rings. The maximum Gasteiger partial charge on any atom is 0.106 e. The third-order valence-corrected chi connectivity index (χ3v) is 2.04. The van der Waals surface area contributed by atoms with Gasteiger partial charge in [-0.05, 0) is 11.6 Å². The summed E-state index contributed by atoms with van der Waals surface area (Å²) in [7, 11) is 0. The normalized spacial score (nSPS) is 12.4. The number of aromatic nitrogens is 2. The van der Waals surface area contributed by atoms with Crippen molar-refractivity contribution in [3.63, 3.8) is 0 Å². The SMILES string of the molecule is OC(c1ccccc1)[13c]1cnnc[13cH]1. The van der Waals surface area contributed by atoms with Gasteiger partial charge in [0, 0.05) is 11.8 Å². The first-order valence-electron chi connectivity index (χ1n) is 4.37. The molecule has 70 valence electrons. The minimum atomic E-state index is -0.619. The van der Waals surface area contributed by atoms with Crippen molar-refractivity contribution in [2.45, 2.75) is 6.10 Å². The Bertz CT molecular complexity index is 349. The molecule has 0 bridgehead atoms. The van der Waals surface area contributed by atoms with Crippen LogP contribution in [0.4, 0.5) is 0 Å². The summed E-state index contributed by atoms with van der Waals surface area (Å²) >= 11 is 0. The van der Waals surface area contributed by atoms with Crippen molar-refractivity contribution >= 4 is 0 Å². The molecule has 0 aliphatic heterocycles. The number of hydrogen-bond acceptors (Lipinski definition) is 3. The van der Waals surface area contributed by atoms with E-state index in [4.69, 9.17) is 0 Å². The zero-order chi connectivity index (χ0) is 9.80. The summed E-state index contributed by atoms with van der Waals surface area (Å²) in [6, 6.07) is 11.2. The van der Waals surface area contributed by atoms with Gasteiger partial charge in [-0.15, -0.1) is 0 Å². The summed E-state index contributed by atoms with van der Waals surface area (Å²) in [6.07, 6.45) is 2.52. The smallest absolute Gasteiger partial charge is 0.106 e. The lowest BCUT2D eigenvalue weighted by Gasteiger charge is -2.09. The topological polar surface area (TPSA) is 46.0 Å². The molecule has 0 saturated heterocycles. The second-order valence-corrected chi connectivity index (χ2v) is 2.99. The van der Waals surface area contributed by atoms with Gasteiger partial charge in [-0.2, -0.15) is 10.2 Å². The Morgan fingerprint density at radius 1 is 0.929 bits per heavy atom. The number of nitrogens with zero attached hydrogens (tertiary/aromatic N) is 2. The van der Waals surface area contributed by atoms with Crippen LogP contribution < -0.4 is 0 Å². The van der Waals surface area contributed by atoms with Crippen LogP contribution in [0.5, 0.6) is 0 Å². The van der Waals surface area contributed by atoms with E-state index in [0.717, 1.165) is 11.1 Å². The highest BCUT2D eigenvalue weighted by atomic mass is 16.3. The minimum Gasteiger partial charge on any atom is -0.384 e. The van der Waals surface area contributed by atoms with Crippen LogP contribution in [-0.2, 0) is 0 Å². The zero-order valence-corrected chi connectivity index (χ0v) is 7.54. The number of hydrogen-bond donors (Lipinski definition) is 1. The molecule has 2 rings (SSSR count). The Balaban J connectivity index is 2.30. The second-order valence-electron chi connectivity index (χ2n) is 2.99. The Morgan fingerprint density at radius 3 is 2.36 bits per heavy atom. The van der Waals surface area contributed by atoms with E-state index in [1.807, 2.05) is 30.3 Å². The van der Waals surface area contributed by atoms with Crippen LogP contribution in [0.1, 0.15) is 17.2 Å². The Kier molecular flexibility index (Phi) is 2.51. The molecule has 0 radical (unpaired) electrons. The minimum absolute atomic E-state index is 0.619. The summed E-state index contributed by atoms with van der Waals surface area (Å²) in [5, 5.41) is 17.3. The average molecular weight is 188 g/mol. The highest BCUT2D eigenvalue weighted by molar-refractivity contribution is 5.26. The van der Waals surface area contributed by atoms with E-state index in [1.54, 1.807) is 18.5 Å². The largest absolute Gasteiger partial charge is 0.384 e. The van der Waals surface area contributed by atoms with Crippen molar-refractivity contribution in [1.29, 1.82) is 0 Å². The fraction of sp³-hybridized carbons (Fsp3) is 0.0909. The maximum absolute atomic E-state index is 9.92. The summed E-state index contributed by atoms with van der Waals surface area (Å²) in [5.41, 5.74) is 1.62. The molecule has 1 N–H and O–H groups in total. The van der Waals surface area contributed by atoms with Crippen LogP contribution in [0.15, 0.2) is 48.8 Å². The predicted molar refractivity (Wildman–Crippen MR) is 52.5 cm³/mol. The third-order valence-electron chi connectivity index (χ3n) is 2.04. The summed E-state index contributed by atoms with van der Waals surface area (Å²) in [6.45, 7) is 0. The van der Waals surface area contributed by atoms with Gasteiger partial charge in [0.1, 0.15) is 6.10 Å². The lowest BCUT2D eigenvalue weighted by Crippen LogP contribution is -1.99. The molecule has 14 heavy (non-hydrogen) atoms. The number of rotatable bonds is 2. The van der Waals surface area contributed by atoms with Gasteiger partial charge in [-0.25, -0.2) is 0 Å². The van der Waals surface area contributed by atoms with Crippen LogP contribution >= 0.6 is 0 Å². The van der Waals surface area contributed by atoms with Crippen molar-refractivity contribution in [1.82, 2.24) is 10.2 Å². The first-order valence-corrected chi connectivity index (χ1v) is 4.37. The molecular formula is C11H10N2O. The van der Waals surface area contributed by atoms with E-state index in [0.29, 0.717) is 0 Å². The molecule has 3 nitrogen and oxygen atoms in total. The van der Waals surface area contributed by atoms with Crippen molar-refractivity contribution in [3.05, 3.63) is 59.9 Å². The van der Waals surface area contributed by atoms with Gasteiger partial charge >= 0.3 is 0 Å². The predicted octanol–water partition coefficient (Wildman–Crippen LogP) is 1.56. The van der Waals surface area contributed by atoms with Crippen molar-refractivity contribution in [3.8, 4) is 0 Å². The highest BCUT2D eigenvalue weighted by Crippen LogP contribution is 2.19. The third kappa shape index (κ3) is 1.78. The molecular weight excluding hydrogens is 178 g/mol. The van der Waals surface area contributed by atoms with Crippen molar-refractivity contribution < 1.29 is 5.11 Å². The first kappa shape index (κ1) is 8.84. The molecule has 1 aromatic heterocycles. The quantitative estimate of drug-likeness (QED) is 0.777. The molecule has 3 heteroatoms. The average Bonchev–Trinajstić information content (AvgIpc) is 2.30. The first-order chi connectivity index (χ1) is 6.88. The van der Waals surface area contributed by atoms with Crippen molar-refractivity contribution in [2.24, 2.45) is 0 Å². The lowest BCUT2D eigenvalue weighted by molar-refractivity contribution is 0.219. The zero-order valence-electron chi connectivity index (χ0n) is 7.54. The molecule has 0 amide bonds. The Labute approximate surface area is 82.1 Å².